The summed E-state index contributed by atoms with van der Waals surface area (Å²) >= 11 is 0. The van der Waals surface area contributed by atoms with Crippen molar-refractivity contribution in [1.82, 2.24) is 0 Å². The van der Waals surface area contributed by atoms with E-state index in [1.54, 1.807) is 13.0 Å². The first kappa shape index (κ1) is 15.0. The zero-order chi connectivity index (χ0) is 16.7. The molecule has 1 N–H and O–H groups in total. The third-order valence-corrected chi connectivity index (χ3v) is 3.47. The number of methoxy groups -OCH3 is 1. The molecule has 0 saturated heterocycles. The van der Waals surface area contributed by atoms with Crippen molar-refractivity contribution in [3.63, 3.8) is 0 Å². The summed E-state index contributed by atoms with van der Waals surface area (Å²) in [6, 6.07) is 2.90. The van der Waals surface area contributed by atoms with Gasteiger partial charge in [0.05, 0.1) is 18.8 Å². The third-order valence-electron chi connectivity index (χ3n) is 3.47. The predicted octanol–water partition coefficient (Wildman–Crippen LogP) is 2.71. The van der Waals surface area contributed by atoms with Crippen molar-refractivity contribution in [1.29, 1.82) is 0 Å². The molecule has 3 rings (SSSR count). The van der Waals surface area contributed by atoms with Crippen molar-refractivity contribution in [2.45, 2.75) is 20.0 Å². The molecule has 0 aliphatic carbocycles. The lowest BCUT2D eigenvalue weighted by atomic mass is 10.1. The molecule has 0 spiro atoms. The Morgan fingerprint density at radius 1 is 1.30 bits per heavy atom. The number of carboxylic acids is 1. The molecule has 120 valence electrons. The number of carboxylic acid groups (broad SMARTS) is 1. The lowest BCUT2D eigenvalue weighted by molar-refractivity contribution is -0.144. The highest BCUT2D eigenvalue weighted by Crippen LogP contribution is 2.42. The second kappa shape index (κ2) is 5.35. The van der Waals surface area contributed by atoms with Crippen LogP contribution in [0.5, 0.6) is 11.5 Å². The molecule has 7 heteroatoms. The molecule has 1 aromatic carbocycles. The molecule has 0 fully saturated rings. The van der Waals surface area contributed by atoms with E-state index in [1.807, 2.05) is 0 Å². The SMILES string of the molecule is COc1c2occc2c(OC(C)C(=O)O)c2c(=O)cc(C)oc12. The molecule has 7 nitrogen and oxygen atoms in total. The lowest BCUT2D eigenvalue weighted by Gasteiger charge is -2.15. The van der Waals surface area contributed by atoms with E-state index in [1.165, 1.54) is 26.4 Å². The van der Waals surface area contributed by atoms with Crippen LogP contribution in [0.4, 0.5) is 0 Å². The zero-order valence-corrected chi connectivity index (χ0v) is 12.7. The molecule has 23 heavy (non-hydrogen) atoms. The summed E-state index contributed by atoms with van der Waals surface area (Å²) < 4.78 is 21.8. The van der Waals surface area contributed by atoms with Crippen LogP contribution in [0.3, 0.4) is 0 Å². The monoisotopic (exact) mass is 318 g/mol. The van der Waals surface area contributed by atoms with E-state index in [0.29, 0.717) is 16.7 Å². The van der Waals surface area contributed by atoms with Gasteiger partial charge in [-0.1, -0.05) is 0 Å². The normalized spacial score (nSPS) is 12.5. The summed E-state index contributed by atoms with van der Waals surface area (Å²) in [6.45, 7) is 3.01. The van der Waals surface area contributed by atoms with E-state index in [2.05, 4.69) is 0 Å². The van der Waals surface area contributed by atoms with Gasteiger partial charge in [-0.25, -0.2) is 4.79 Å². The Labute approximate surface area is 130 Å². The van der Waals surface area contributed by atoms with Gasteiger partial charge in [-0.3, -0.25) is 4.79 Å². The number of aryl methyl sites for hydroxylation is 1. The van der Waals surface area contributed by atoms with E-state index in [0.717, 1.165) is 0 Å². The first-order valence-corrected chi connectivity index (χ1v) is 6.85. The van der Waals surface area contributed by atoms with Crippen molar-refractivity contribution in [2.75, 3.05) is 7.11 Å². The van der Waals surface area contributed by atoms with Gasteiger partial charge in [-0.05, 0) is 19.9 Å². The number of rotatable bonds is 4. The number of hydrogen-bond donors (Lipinski definition) is 1. The zero-order valence-electron chi connectivity index (χ0n) is 12.7. The van der Waals surface area contributed by atoms with Gasteiger partial charge in [0.25, 0.3) is 0 Å². The van der Waals surface area contributed by atoms with Crippen molar-refractivity contribution < 1.29 is 28.2 Å². The van der Waals surface area contributed by atoms with E-state index < -0.39 is 12.1 Å². The molecular formula is C16H14O7. The largest absolute Gasteiger partial charge is 0.490 e. The van der Waals surface area contributed by atoms with E-state index in [-0.39, 0.29) is 27.9 Å². The Morgan fingerprint density at radius 2 is 2.04 bits per heavy atom. The van der Waals surface area contributed by atoms with Crippen molar-refractivity contribution in [3.8, 4) is 11.5 Å². The quantitative estimate of drug-likeness (QED) is 0.789. The summed E-state index contributed by atoms with van der Waals surface area (Å²) in [5.74, 6) is -0.393. The fraction of sp³-hybridized carbons (Fsp3) is 0.250. The van der Waals surface area contributed by atoms with Crippen LogP contribution in [0.25, 0.3) is 21.9 Å². The van der Waals surface area contributed by atoms with Crippen LogP contribution in [0.2, 0.25) is 0 Å². The van der Waals surface area contributed by atoms with Crippen LogP contribution in [0.15, 0.2) is 32.0 Å². The molecule has 2 heterocycles. The van der Waals surface area contributed by atoms with Gasteiger partial charge in [0, 0.05) is 6.07 Å². The second-order valence-electron chi connectivity index (χ2n) is 5.05. The van der Waals surface area contributed by atoms with E-state index in [9.17, 15) is 9.59 Å². The highest BCUT2D eigenvalue weighted by molar-refractivity contribution is 6.06. The van der Waals surface area contributed by atoms with E-state index >= 15 is 0 Å². The molecule has 0 radical (unpaired) electrons. The summed E-state index contributed by atoms with van der Waals surface area (Å²) in [4.78, 5) is 23.5. The average molecular weight is 318 g/mol. The second-order valence-corrected chi connectivity index (χ2v) is 5.05. The number of furan rings is 1. The Bertz CT molecular complexity index is 964. The van der Waals surface area contributed by atoms with Crippen LogP contribution in [0.1, 0.15) is 12.7 Å². The van der Waals surface area contributed by atoms with Gasteiger partial charge in [-0.15, -0.1) is 0 Å². The molecule has 0 aliphatic rings. The number of aliphatic carboxylic acids is 1. The van der Waals surface area contributed by atoms with Gasteiger partial charge in [0.2, 0.25) is 5.75 Å². The average Bonchev–Trinajstić information content (AvgIpc) is 2.95. The fourth-order valence-corrected chi connectivity index (χ4v) is 2.42. The minimum absolute atomic E-state index is 0.105. The van der Waals surface area contributed by atoms with Crippen molar-refractivity contribution >= 4 is 27.9 Å². The maximum absolute atomic E-state index is 12.4. The topological polar surface area (TPSA) is 99.1 Å². The number of hydrogen-bond acceptors (Lipinski definition) is 6. The molecule has 0 saturated carbocycles. The van der Waals surface area contributed by atoms with Crippen LogP contribution in [-0.2, 0) is 4.79 Å². The van der Waals surface area contributed by atoms with Gasteiger partial charge in [0.1, 0.15) is 16.9 Å². The highest BCUT2D eigenvalue weighted by Gasteiger charge is 2.25. The molecule has 3 aromatic rings. The van der Waals surface area contributed by atoms with Gasteiger partial charge in [-0.2, -0.15) is 0 Å². The third kappa shape index (κ3) is 2.30. The van der Waals surface area contributed by atoms with Gasteiger partial charge in [0.15, 0.2) is 22.7 Å². The molecule has 1 unspecified atom stereocenters. The van der Waals surface area contributed by atoms with Crippen LogP contribution < -0.4 is 14.9 Å². The van der Waals surface area contributed by atoms with Crippen LogP contribution in [-0.4, -0.2) is 24.3 Å². The molecule has 2 aromatic heterocycles. The Morgan fingerprint density at radius 3 is 2.70 bits per heavy atom. The lowest BCUT2D eigenvalue weighted by Crippen LogP contribution is -2.23. The molecule has 1 atom stereocenters. The smallest absolute Gasteiger partial charge is 0.344 e. The van der Waals surface area contributed by atoms with E-state index in [4.69, 9.17) is 23.4 Å². The first-order chi connectivity index (χ1) is 10.9. The van der Waals surface area contributed by atoms with Gasteiger partial charge >= 0.3 is 5.97 Å². The molecule has 0 amide bonds. The summed E-state index contributed by atoms with van der Waals surface area (Å²) in [5.41, 5.74) is 0.131. The summed E-state index contributed by atoms with van der Waals surface area (Å²) in [7, 11) is 1.43. The van der Waals surface area contributed by atoms with Crippen LogP contribution in [0, 0.1) is 6.92 Å². The standard InChI is InChI=1S/C16H14O7/c1-7-6-10(17)11-12(23-8(2)16(18)19)9-4-5-21-13(9)15(20-3)14(11)22-7/h4-6,8H,1-3H3,(H,18,19). The Hall–Kier alpha value is -2.96. The molecular weight excluding hydrogens is 304 g/mol. The number of benzene rings is 1. The number of ether oxygens (including phenoxy) is 2. The molecule has 0 bridgehead atoms. The Kier molecular flexibility index (Phi) is 3.48. The summed E-state index contributed by atoms with van der Waals surface area (Å²) in [6.07, 6.45) is 0.257. The van der Waals surface area contributed by atoms with Crippen LogP contribution >= 0.6 is 0 Å². The first-order valence-electron chi connectivity index (χ1n) is 6.85. The maximum Gasteiger partial charge on any atom is 0.344 e. The number of carbonyl (C=O) groups is 1. The molecule has 0 aliphatic heterocycles. The Balaban J connectivity index is 2.46. The minimum Gasteiger partial charge on any atom is -0.490 e. The maximum atomic E-state index is 12.4. The van der Waals surface area contributed by atoms with Gasteiger partial charge < -0.3 is 23.4 Å². The predicted molar refractivity (Wildman–Crippen MR) is 81.3 cm³/mol. The highest BCUT2D eigenvalue weighted by atomic mass is 16.5. The summed E-state index contributed by atoms with van der Waals surface area (Å²) in [5, 5.41) is 9.64. The fourth-order valence-electron chi connectivity index (χ4n) is 2.42. The van der Waals surface area contributed by atoms with Crippen molar-refractivity contribution in [3.05, 3.63) is 34.4 Å². The minimum atomic E-state index is -1.15. The van der Waals surface area contributed by atoms with Crippen molar-refractivity contribution in [2.24, 2.45) is 0 Å². The number of fused-ring (bicyclic) bond motifs is 2.